The molecule has 1 aliphatic heterocycles. The van der Waals surface area contributed by atoms with E-state index in [4.69, 9.17) is 10.7 Å². The maximum atomic E-state index is 12.5. The lowest BCUT2D eigenvalue weighted by atomic mass is 9.97. The minimum atomic E-state index is -3.67. The van der Waals surface area contributed by atoms with Gasteiger partial charge < -0.3 is 15.5 Å². The lowest BCUT2D eigenvalue weighted by Crippen LogP contribution is -2.38. The largest absolute Gasteiger partial charge is 0.385 e. The van der Waals surface area contributed by atoms with Crippen LogP contribution in [0.4, 0.5) is 4.53 Å². The van der Waals surface area contributed by atoms with Crippen LogP contribution in [-0.2, 0) is 10.0 Å². The molecule has 0 aromatic heterocycles. The monoisotopic (exact) mass is 475 g/mol. The molecule has 10 heteroatoms. The summed E-state index contributed by atoms with van der Waals surface area (Å²) in [6.45, 7) is 5.92. The molecule has 1 aliphatic carbocycles. The summed E-state index contributed by atoms with van der Waals surface area (Å²) in [6.07, 6.45) is 9.28. The van der Waals surface area contributed by atoms with Crippen molar-refractivity contribution in [3.63, 3.8) is 0 Å². The second kappa shape index (κ2) is 10.7. The summed E-state index contributed by atoms with van der Waals surface area (Å²) in [5.41, 5.74) is 7.80. The number of nitrogens with two attached hydrogens (primary N) is 1. The number of benzene rings is 1. The van der Waals surface area contributed by atoms with Gasteiger partial charge in [0.1, 0.15) is 11.6 Å². The van der Waals surface area contributed by atoms with Gasteiger partial charge in [0.25, 0.3) is 0 Å². The Balaban J connectivity index is 1.55. The van der Waals surface area contributed by atoms with Crippen molar-refractivity contribution < 1.29 is 17.9 Å². The molecule has 1 fully saturated rings. The third-order valence-corrected chi connectivity index (χ3v) is 7.12. The van der Waals surface area contributed by atoms with E-state index in [2.05, 4.69) is 21.1 Å². The Bertz CT molecular complexity index is 1080. The molecule has 1 aromatic rings. The molecule has 0 bridgehead atoms. The number of nitrogens with zero attached hydrogens (tertiary/aromatic N) is 3. The number of allylic oxidation sites excluding steroid dienone is 5. The van der Waals surface area contributed by atoms with Crippen molar-refractivity contribution in [2.45, 2.75) is 17.7 Å². The summed E-state index contributed by atoms with van der Waals surface area (Å²) < 4.78 is 39.8. The summed E-state index contributed by atoms with van der Waals surface area (Å²) in [5, 5.41) is 0. The van der Waals surface area contributed by atoms with E-state index >= 15 is 0 Å². The van der Waals surface area contributed by atoms with Crippen molar-refractivity contribution in [3.8, 4) is 5.75 Å². The lowest BCUT2D eigenvalue weighted by Gasteiger charge is -2.33. The molecule has 1 saturated heterocycles. The van der Waals surface area contributed by atoms with Gasteiger partial charge in [0.15, 0.2) is 5.75 Å². The molecule has 0 radical (unpaired) electrons. The van der Waals surface area contributed by atoms with E-state index < -0.39 is 10.0 Å². The van der Waals surface area contributed by atoms with Crippen LogP contribution in [0.15, 0.2) is 82.3 Å². The van der Waals surface area contributed by atoms with Crippen LogP contribution in [0.2, 0.25) is 0 Å². The van der Waals surface area contributed by atoms with E-state index in [0.29, 0.717) is 18.2 Å². The fourth-order valence-corrected chi connectivity index (χ4v) is 4.73. The van der Waals surface area contributed by atoms with Crippen LogP contribution in [0.3, 0.4) is 0 Å². The van der Waals surface area contributed by atoms with Gasteiger partial charge in [-0.3, -0.25) is 4.94 Å². The molecule has 8 nitrogen and oxygen atoms in total. The number of nitrogens with one attached hydrogen (secondary N) is 1. The van der Waals surface area contributed by atoms with Crippen LogP contribution >= 0.6 is 0 Å². The molecule has 0 amide bonds. The van der Waals surface area contributed by atoms with Crippen molar-refractivity contribution in [2.75, 3.05) is 33.7 Å². The van der Waals surface area contributed by atoms with Gasteiger partial charge in [-0.25, -0.2) is 18.1 Å². The Morgan fingerprint density at radius 2 is 1.88 bits per heavy atom. The van der Waals surface area contributed by atoms with Gasteiger partial charge >= 0.3 is 0 Å². The maximum absolute atomic E-state index is 12.5. The SMILES string of the molecule is C=C(/N=C1/C=CC=C/C1=C(/N)N(C)C)N1CCC(CNS(=O)(=O)c2ccc(OF)cc2)CC1. The number of sulfonamides is 1. The Morgan fingerprint density at radius 3 is 2.48 bits per heavy atom. The van der Waals surface area contributed by atoms with Crippen LogP contribution < -0.4 is 15.4 Å². The number of rotatable bonds is 8. The standard InChI is InChI=1S/C23H30FN5O3S/c1-17(27-22-7-5-4-6-21(22)23(25)28(2)3)29-14-12-18(13-15-29)16-26-33(30,31)20-10-8-19(32-24)9-11-20/h4-11,18,26H,1,12-16,25H2,2-3H3/b23-21+,27-22-. The molecular formula is C23H30FN5O3S. The molecule has 3 N–H and O–H groups in total. The smallest absolute Gasteiger partial charge is 0.240 e. The molecular weight excluding hydrogens is 445 g/mol. The van der Waals surface area contributed by atoms with Crippen LogP contribution in [0, 0.1) is 5.92 Å². The van der Waals surface area contributed by atoms with Crippen LogP contribution in [0.5, 0.6) is 5.75 Å². The maximum Gasteiger partial charge on any atom is 0.240 e. The molecule has 0 unspecified atom stereocenters. The predicted molar refractivity (Wildman–Crippen MR) is 127 cm³/mol. The Labute approximate surface area is 194 Å². The molecule has 178 valence electrons. The minimum Gasteiger partial charge on any atom is -0.385 e. The van der Waals surface area contributed by atoms with E-state index in [0.717, 1.165) is 37.2 Å². The highest BCUT2D eigenvalue weighted by atomic mass is 32.2. The fourth-order valence-electron chi connectivity index (χ4n) is 3.61. The topological polar surface area (TPSA) is 100 Å². The zero-order valence-electron chi connectivity index (χ0n) is 18.9. The van der Waals surface area contributed by atoms with Crippen molar-refractivity contribution in [2.24, 2.45) is 16.6 Å². The highest BCUT2D eigenvalue weighted by molar-refractivity contribution is 7.89. The summed E-state index contributed by atoms with van der Waals surface area (Å²) >= 11 is 0. The fraction of sp³-hybridized carbons (Fsp3) is 0.348. The Hall–Kier alpha value is -3.11. The molecule has 33 heavy (non-hydrogen) atoms. The second-order valence-corrected chi connectivity index (χ2v) is 9.92. The Morgan fingerprint density at radius 1 is 1.24 bits per heavy atom. The third kappa shape index (κ3) is 6.23. The average Bonchev–Trinajstić information content (AvgIpc) is 2.83. The first kappa shape index (κ1) is 24.5. The van der Waals surface area contributed by atoms with Gasteiger partial charge in [-0.2, -0.15) is 0 Å². The number of hydrogen-bond donors (Lipinski definition) is 2. The highest BCUT2D eigenvalue weighted by Gasteiger charge is 2.23. The summed E-state index contributed by atoms with van der Waals surface area (Å²) in [7, 11) is 0.0938. The van der Waals surface area contributed by atoms with Gasteiger partial charge in [0, 0.05) is 43.8 Å². The first-order valence-corrected chi connectivity index (χ1v) is 12.1. The first-order valence-electron chi connectivity index (χ1n) is 10.6. The number of hydrogen-bond acceptors (Lipinski definition) is 7. The van der Waals surface area contributed by atoms with Crippen molar-refractivity contribution in [1.82, 2.24) is 14.5 Å². The summed E-state index contributed by atoms with van der Waals surface area (Å²) in [5.74, 6) is 1.43. The van der Waals surface area contributed by atoms with Crippen molar-refractivity contribution >= 4 is 15.7 Å². The molecule has 1 heterocycles. The summed E-state index contributed by atoms with van der Waals surface area (Å²) in [4.78, 5) is 12.3. The number of likely N-dealkylation sites (tertiary alicyclic amines) is 1. The molecule has 3 rings (SSSR count). The number of halogens is 1. The number of aliphatic imine (C=N–C) groups is 1. The van der Waals surface area contributed by atoms with Gasteiger partial charge in [0.2, 0.25) is 10.0 Å². The van der Waals surface area contributed by atoms with E-state index in [1.807, 2.05) is 43.3 Å². The van der Waals surface area contributed by atoms with E-state index in [-0.39, 0.29) is 16.6 Å². The molecule has 2 aliphatic rings. The van der Waals surface area contributed by atoms with Crippen LogP contribution in [-0.4, -0.2) is 57.7 Å². The minimum absolute atomic E-state index is 0.0446. The van der Waals surface area contributed by atoms with Gasteiger partial charge in [-0.15, -0.1) is 0 Å². The van der Waals surface area contributed by atoms with Crippen molar-refractivity contribution in [3.05, 3.63) is 72.4 Å². The highest BCUT2D eigenvalue weighted by Crippen LogP contribution is 2.23. The van der Waals surface area contributed by atoms with E-state index in [1.54, 1.807) is 0 Å². The van der Waals surface area contributed by atoms with Gasteiger partial charge in [-0.1, -0.05) is 18.7 Å². The summed E-state index contributed by atoms with van der Waals surface area (Å²) in [6, 6.07) is 5.15. The van der Waals surface area contributed by atoms with Crippen LogP contribution in [0.25, 0.3) is 0 Å². The van der Waals surface area contributed by atoms with Gasteiger partial charge in [-0.05, 0) is 55.2 Å². The zero-order chi connectivity index (χ0) is 24.0. The average molecular weight is 476 g/mol. The lowest BCUT2D eigenvalue weighted by molar-refractivity contribution is -0.00626. The van der Waals surface area contributed by atoms with Crippen molar-refractivity contribution in [1.29, 1.82) is 0 Å². The molecule has 0 spiro atoms. The van der Waals surface area contributed by atoms with Gasteiger partial charge in [0.05, 0.1) is 10.6 Å². The Kier molecular flexibility index (Phi) is 7.93. The number of piperidine rings is 1. The quantitative estimate of drug-likeness (QED) is 0.600. The molecule has 1 aromatic carbocycles. The van der Waals surface area contributed by atoms with E-state index in [1.165, 1.54) is 24.3 Å². The first-order chi connectivity index (χ1) is 15.7. The normalized spacial score (nSPS) is 19.6. The zero-order valence-corrected chi connectivity index (χ0v) is 19.7. The third-order valence-electron chi connectivity index (χ3n) is 5.68. The predicted octanol–water partition coefficient (Wildman–Crippen LogP) is 2.71. The molecule has 0 saturated carbocycles. The molecule has 0 atom stereocenters. The second-order valence-electron chi connectivity index (χ2n) is 8.16. The van der Waals surface area contributed by atoms with E-state index in [9.17, 15) is 12.9 Å². The van der Waals surface area contributed by atoms with Crippen LogP contribution in [0.1, 0.15) is 12.8 Å².